The molecule has 5 heteroatoms. The number of benzene rings is 1. The van der Waals surface area contributed by atoms with Crippen LogP contribution in [0.2, 0.25) is 5.02 Å². The number of hydrogen-bond donors (Lipinski definition) is 1. The van der Waals surface area contributed by atoms with Gasteiger partial charge in [0.25, 0.3) is 0 Å². The van der Waals surface area contributed by atoms with Crippen LogP contribution in [0.15, 0.2) is 30.6 Å². The molecule has 1 aromatic heterocycles. The van der Waals surface area contributed by atoms with Gasteiger partial charge in [0.05, 0.1) is 5.92 Å². The quantitative estimate of drug-likeness (QED) is 0.912. The molecule has 0 radical (unpaired) electrons. The molecule has 90 valence electrons. The molecular weight excluding hydrogens is 241 g/mol. The number of nitrogens with two attached hydrogens (primary N) is 1. The molecule has 0 fully saturated rings. The molecule has 3 nitrogen and oxygen atoms in total. The van der Waals surface area contributed by atoms with E-state index >= 15 is 0 Å². The largest absolute Gasteiger partial charge is 0.337 e. The van der Waals surface area contributed by atoms with E-state index in [4.69, 9.17) is 17.3 Å². The molecule has 0 saturated carbocycles. The normalized spacial score (nSPS) is 12.7. The second-order valence-electron chi connectivity index (χ2n) is 3.85. The summed E-state index contributed by atoms with van der Waals surface area (Å²) in [5.74, 6) is 0.134. The van der Waals surface area contributed by atoms with E-state index < -0.39 is 0 Å². The van der Waals surface area contributed by atoms with E-state index in [2.05, 4.69) is 4.98 Å². The zero-order valence-corrected chi connectivity index (χ0v) is 10.2. The van der Waals surface area contributed by atoms with Crippen LogP contribution >= 0.6 is 11.6 Å². The average molecular weight is 254 g/mol. The third-order valence-electron chi connectivity index (χ3n) is 2.74. The van der Waals surface area contributed by atoms with E-state index in [0.717, 1.165) is 5.82 Å². The van der Waals surface area contributed by atoms with E-state index in [9.17, 15) is 4.39 Å². The summed E-state index contributed by atoms with van der Waals surface area (Å²) >= 11 is 5.88. The first-order chi connectivity index (χ1) is 8.13. The fourth-order valence-corrected chi connectivity index (χ4v) is 2.05. The van der Waals surface area contributed by atoms with E-state index in [1.807, 2.05) is 11.6 Å². The highest BCUT2D eigenvalue weighted by atomic mass is 35.5. The third kappa shape index (κ3) is 2.33. The van der Waals surface area contributed by atoms with Crippen LogP contribution < -0.4 is 5.73 Å². The Bertz CT molecular complexity index is 524. The van der Waals surface area contributed by atoms with Crippen LogP contribution in [0, 0.1) is 5.82 Å². The number of halogens is 2. The second-order valence-corrected chi connectivity index (χ2v) is 4.29. The molecule has 0 spiro atoms. The second kappa shape index (κ2) is 4.85. The topological polar surface area (TPSA) is 43.8 Å². The lowest BCUT2D eigenvalue weighted by molar-refractivity contribution is 0.585. The number of rotatable bonds is 3. The fraction of sp³-hybridized carbons (Fsp3) is 0.250. The number of imidazole rings is 1. The average Bonchev–Trinajstić information content (AvgIpc) is 2.71. The molecule has 0 bridgehead atoms. The maximum atomic E-state index is 13.8. The maximum absolute atomic E-state index is 13.8. The van der Waals surface area contributed by atoms with Crippen molar-refractivity contribution in [1.29, 1.82) is 0 Å². The standard InChI is InChI=1S/C12H13ClFN3/c1-17-5-4-16-12(17)10(7-15)9-6-8(13)2-3-11(9)14/h2-6,10H,7,15H2,1H3. The first kappa shape index (κ1) is 12.1. The van der Waals surface area contributed by atoms with Crippen molar-refractivity contribution < 1.29 is 4.39 Å². The minimum absolute atomic E-state index is 0.280. The van der Waals surface area contributed by atoms with Gasteiger partial charge in [-0.25, -0.2) is 9.37 Å². The summed E-state index contributed by atoms with van der Waals surface area (Å²) < 4.78 is 15.6. The van der Waals surface area contributed by atoms with Crippen LogP contribution in [0.4, 0.5) is 4.39 Å². The molecule has 2 N–H and O–H groups in total. The van der Waals surface area contributed by atoms with Gasteiger partial charge in [0.2, 0.25) is 0 Å². The van der Waals surface area contributed by atoms with Crippen molar-refractivity contribution in [2.45, 2.75) is 5.92 Å². The number of aromatic nitrogens is 2. The Morgan fingerprint density at radius 1 is 1.53 bits per heavy atom. The van der Waals surface area contributed by atoms with E-state index in [-0.39, 0.29) is 18.3 Å². The first-order valence-electron chi connectivity index (χ1n) is 5.25. The molecule has 0 aliphatic heterocycles. The zero-order valence-electron chi connectivity index (χ0n) is 9.40. The van der Waals surface area contributed by atoms with Gasteiger partial charge in [0, 0.05) is 36.6 Å². The van der Waals surface area contributed by atoms with Gasteiger partial charge in [0.1, 0.15) is 11.6 Å². The number of aryl methyl sites for hydroxylation is 1. The maximum Gasteiger partial charge on any atom is 0.127 e. The zero-order chi connectivity index (χ0) is 12.4. The summed E-state index contributed by atoms with van der Waals surface area (Å²) in [5.41, 5.74) is 6.20. The van der Waals surface area contributed by atoms with Crippen LogP contribution in [0.25, 0.3) is 0 Å². The molecule has 0 saturated heterocycles. The van der Waals surface area contributed by atoms with Gasteiger partial charge in [-0.1, -0.05) is 11.6 Å². The minimum Gasteiger partial charge on any atom is -0.337 e. The molecule has 0 aliphatic carbocycles. The van der Waals surface area contributed by atoms with Crippen LogP contribution in [-0.2, 0) is 7.05 Å². The molecule has 17 heavy (non-hydrogen) atoms. The van der Waals surface area contributed by atoms with E-state index in [1.165, 1.54) is 12.1 Å². The van der Waals surface area contributed by atoms with Gasteiger partial charge >= 0.3 is 0 Å². The van der Waals surface area contributed by atoms with Gasteiger partial charge in [-0.15, -0.1) is 0 Å². The predicted molar refractivity (Wildman–Crippen MR) is 65.5 cm³/mol. The van der Waals surface area contributed by atoms with Crippen molar-refractivity contribution in [2.24, 2.45) is 12.8 Å². The smallest absolute Gasteiger partial charge is 0.127 e. The first-order valence-corrected chi connectivity index (χ1v) is 5.63. The Morgan fingerprint density at radius 2 is 2.29 bits per heavy atom. The van der Waals surface area contributed by atoms with Crippen LogP contribution in [-0.4, -0.2) is 16.1 Å². The number of hydrogen-bond acceptors (Lipinski definition) is 2. The van der Waals surface area contributed by atoms with Crippen LogP contribution in [0.3, 0.4) is 0 Å². The fourth-order valence-electron chi connectivity index (χ4n) is 1.87. The van der Waals surface area contributed by atoms with Crippen molar-refractivity contribution >= 4 is 11.6 Å². The lowest BCUT2D eigenvalue weighted by atomic mass is 9.98. The Balaban J connectivity index is 2.49. The highest BCUT2D eigenvalue weighted by Crippen LogP contribution is 2.26. The summed E-state index contributed by atoms with van der Waals surface area (Å²) in [6.07, 6.45) is 3.47. The predicted octanol–water partition coefficient (Wildman–Crippen LogP) is 2.30. The lowest BCUT2D eigenvalue weighted by Crippen LogP contribution is -2.18. The summed E-state index contributed by atoms with van der Waals surface area (Å²) in [4.78, 5) is 4.21. The summed E-state index contributed by atoms with van der Waals surface area (Å²) in [6, 6.07) is 4.47. The molecule has 0 amide bonds. The Hall–Kier alpha value is -1.39. The van der Waals surface area contributed by atoms with Gasteiger partial charge < -0.3 is 10.3 Å². The Labute approximate surface area is 104 Å². The lowest BCUT2D eigenvalue weighted by Gasteiger charge is -2.16. The minimum atomic E-state index is -0.312. The van der Waals surface area contributed by atoms with Crippen molar-refractivity contribution in [3.63, 3.8) is 0 Å². The summed E-state index contributed by atoms with van der Waals surface area (Å²) in [7, 11) is 1.85. The molecule has 1 aromatic carbocycles. The molecular formula is C12H13ClFN3. The Morgan fingerprint density at radius 3 is 2.88 bits per heavy atom. The highest BCUT2D eigenvalue weighted by molar-refractivity contribution is 6.30. The highest BCUT2D eigenvalue weighted by Gasteiger charge is 2.20. The summed E-state index contributed by atoms with van der Waals surface area (Å²) in [6.45, 7) is 0.280. The van der Waals surface area contributed by atoms with Crippen molar-refractivity contribution in [3.05, 3.63) is 52.8 Å². The van der Waals surface area contributed by atoms with Crippen LogP contribution in [0.5, 0.6) is 0 Å². The van der Waals surface area contributed by atoms with Crippen LogP contribution in [0.1, 0.15) is 17.3 Å². The third-order valence-corrected chi connectivity index (χ3v) is 2.97. The van der Waals surface area contributed by atoms with Gasteiger partial charge in [0.15, 0.2) is 0 Å². The van der Waals surface area contributed by atoms with Crippen molar-refractivity contribution in [2.75, 3.05) is 6.54 Å². The van der Waals surface area contributed by atoms with Gasteiger partial charge in [-0.2, -0.15) is 0 Å². The van der Waals surface area contributed by atoms with Gasteiger partial charge in [-0.05, 0) is 18.2 Å². The van der Waals surface area contributed by atoms with Crippen molar-refractivity contribution in [3.8, 4) is 0 Å². The summed E-state index contributed by atoms with van der Waals surface area (Å²) in [5, 5.41) is 0.494. The van der Waals surface area contributed by atoms with E-state index in [1.54, 1.807) is 18.5 Å². The van der Waals surface area contributed by atoms with E-state index in [0.29, 0.717) is 10.6 Å². The molecule has 1 unspecified atom stereocenters. The monoisotopic (exact) mass is 253 g/mol. The molecule has 1 atom stereocenters. The molecule has 2 aromatic rings. The Kier molecular flexibility index (Phi) is 3.45. The van der Waals surface area contributed by atoms with Crippen molar-refractivity contribution in [1.82, 2.24) is 9.55 Å². The molecule has 1 heterocycles. The molecule has 2 rings (SSSR count). The van der Waals surface area contributed by atoms with Gasteiger partial charge in [-0.3, -0.25) is 0 Å². The SMILES string of the molecule is Cn1ccnc1C(CN)c1cc(Cl)ccc1F. The molecule has 0 aliphatic rings. The number of nitrogens with zero attached hydrogens (tertiary/aromatic N) is 2.